The van der Waals surface area contributed by atoms with Crippen molar-refractivity contribution in [1.82, 2.24) is 29.2 Å². The predicted octanol–water partition coefficient (Wildman–Crippen LogP) is 4.91. The van der Waals surface area contributed by atoms with Crippen LogP contribution < -0.4 is 5.32 Å². The molecule has 1 aromatic carbocycles. The lowest BCUT2D eigenvalue weighted by atomic mass is 9.95. The molecule has 9 nitrogen and oxygen atoms in total. The monoisotopic (exact) mass is 636 g/mol. The third-order valence-electron chi connectivity index (χ3n) is 10.1. The fourth-order valence-corrected chi connectivity index (χ4v) is 7.45. The van der Waals surface area contributed by atoms with E-state index in [4.69, 9.17) is 0 Å². The van der Waals surface area contributed by atoms with Gasteiger partial charge in [-0.15, -0.1) is 0 Å². The molecule has 3 aromatic rings. The van der Waals surface area contributed by atoms with Crippen molar-refractivity contribution in [3.63, 3.8) is 0 Å². The van der Waals surface area contributed by atoms with Gasteiger partial charge in [0.15, 0.2) is 0 Å². The molecule has 0 aliphatic carbocycles. The number of likely N-dealkylation sites (tertiary alicyclic amines) is 2. The van der Waals surface area contributed by atoms with Crippen molar-refractivity contribution in [3.8, 4) is 6.07 Å². The molecule has 1 N–H and O–H groups in total. The molecule has 1 atom stereocenters. The molecular weight excluding hydrogens is 593 g/mol. The molecule has 0 radical (unpaired) electrons. The van der Waals surface area contributed by atoms with E-state index in [1.807, 2.05) is 6.07 Å². The number of nitrogens with one attached hydrogen (secondary N) is 1. The van der Waals surface area contributed by atoms with Crippen molar-refractivity contribution in [2.24, 2.45) is 5.92 Å². The first-order valence-electron chi connectivity index (χ1n) is 16.4. The standard InChI is InChI=1S/C34H43F3N8O/c1-23-25(5-6-32-30(23)16-28(17-38)45(32)15-14-42-10-3-4-26(19-42)24(2)46)18-43-11-7-27(8-12-43)41-33-29-9-13-44(21-34(35,36)37)20-31(29)39-22-40-33/h5-6,16,22,26-27H,3-4,7-15,18-21H2,1-2H3,(H,39,40,41). The van der Waals surface area contributed by atoms with E-state index in [1.165, 1.54) is 22.4 Å². The zero-order valence-electron chi connectivity index (χ0n) is 26.7. The van der Waals surface area contributed by atoms with Gasteiger partial charge in [-0.3, -0.25) is 14.6 Å². The second kappa shape index (κ2) is 13.7. The van der Waals surface area contributed by atoms with Gasteiger partial charge < -0.3 is 14.8 Å². The number of fused-ring (bicyclic) bond motifs is 2. The molecule has 5 heterocycles. The molecule has 3 aliphatic heterocycles. The molecule has 2 fully saturated rings. The third kappa shape index (κ3) is 7.37. The van der Waals surface area contributed by atoms with Crippen LogP contribution in [0.3, 0.4) is 0 Å². The summed E-state index contributed by atoms with van der Waals surface area (Å²) in [6.07, 6.45) is 1.62. The van der Waals surface area contributed by atoms with Crippen molar-refractivity contribution in [3.05, 3.63) is 52.6 Å². The summed E-state index contributed by atoms with van der Waals surface area (Å²) >= 11 is 0. The van der Waals surface area contributed by atoms with E-state index in [9.17, 15) is 23.2 Å². The van der Waals surface area contributed by atoms with E-state index in [0.29, 0.717) is 24.4 Å². The highest BCUT2D eigenvalue weighted by Crippen LogP contribution is 2.30. The molecule has 0 amide bonds. The zero-order valence-corrected chi connectivity index (χ0v) is 26.7. The first-order chi connectivity index (χ1) is 22.1. The average Bonchev–Trinajstić information content (AvgIpc) is 3.40. The number of piperidine rings is 2. The van der Waals surface area contributed by atoms with Gasteiger partial charge in [0, 0.05) is 80.8 Å². The smallest absolute Gasteiger partial charge is 0.367 e. The highest BCUT2D eigenvalue weighted by molar-refractivity contribution is 5.86. The largest absolute Gasteiger partial charge is 0.401 e. The Morgan fingerprint density at radius 3 is 2.61 bits per heavy atom. The third-order valence-corrected chi connectivity index (χ3v) is 10.1. The van der Waals surface area contributed by atoms with E-state index in [0.717, 1.165) is 93.8 Å². The second-order valence-electron chi connectivity index (χ2n) is 13.2. The number of anilines is 1. The number of carbonyl (C=O) groups is 1. The van der Waals surface area contributed by atoms with Crippen LogP contribution in [0.5, 0.6) is 0 Å². The Morgan fingerprint density at radius 2 is 1.87 bits per heavy atom. The Bertz CT molecular complexity index is 1600. The Hall–Kier alpha value is -3.53. The van der Waals surface area contributed by atoms with Gasteiger partial charge in [0.25, 0.3) is 0 Å². The lowest BCUT2D eigenvalue weighted by Crippen LogP contribution is -2.40. The topological polar surface area (TPSA) is 93.3 Å². The number of halogens is 3. The van der Waals surface area contributed by atoms with Crippen LogP contribution in [0, 0.1) is 24.2 Å². The Labute approximate surface area is 268 Å². The van der Waals surface area contributed by atoms with Crippen LogP contribution in [0.4, 0.5) is 19.0 Å². The molecule has 2 saturated heterocycles. The molecule has 6 rings (SSSR count). The lowest BCUT2D eigenvalue weighted by Gasteiger charge is -2.34. The summed E-state index contributed by atoms with van der Waals surface area (Å²) < 4.78 is 40.8. The van der Waals surface area contributed by atoms with Gasteiger partial charge in [-0.25, -0.2) is 9.97 Å². The van der Waals surface area contributed by atoms with Crippen LogP contribution in [0.25, 0.3) is 10.9 Å². The molecular formula is C34H43F3N8O. The van der Waals surface area contributed by atoms with Gasteiger partial charge in [-0.2, -0.15) is 18.4 Å². The van der Waals surface area contributed by atoms with Gasteiger partial charge in [-0.1, -0.05) is 6.07 Å². The Morgan fingerprint density at radius 1 is 1.07 bits per heavy atom. The summed E-state index contributed by atoms with van der Waals surface area (Å²) in [6, 6.07) is 9.00. The molecule has 12 heteroatoms. The molecule has 0 saturated carbocycles. The number of benzene rings is 1. The number of Topliss-reactive ketones (excluding diaryl/α,β-unsaturated/α-hetero) is 1. The summed E-state index contributed by atoms with van der Waals surface area (Å²) in [4.78, 5) is 26.9. The number of hydrogen-bond donors (Lipinski definition) is 1. The van der Waals surface area contributed by atoms with Crippen LogP contribution in [0.15, 0.2) is 24.5 Å². The van der Waals surface area contributed by atoms with Gasteiger partial charge >= 0.3 is 6.18 Å². The second-order valence-corrected chi connectivity index (χ2v) is 13.2. The number of nitriles is 1. The molecule has 2 aromatic heterocycles. The highest BCUT2D eigenvalue weighted by atomic mass is 19.4. The van der Waals surface area contributed by atoms with Crippen LogP contribution in [0.2, 0.25) is 0 Å². The van der Waals surface area contributed by atoms with Crippen LogP contribution in [-0.2, 0) is 30.8 Å². The maximum atomic E-state index is 12.9. The van der Waals surface area contributed by atoms with E-state index in [-0.39, 0.29) is 24.3 Å². The fourth-order valence-electron chi connectivity index (χ4n) is 7.45. The molecule has 3 aliphatic rings. The summed E-state index contributed by atoms with van der Waals surface area (Å²) in [7, 11) is 0. The number of ketones is 1. The SMILES string of the molecule is CC(=O)C1CCCN(CCn2c(C#N)cc3c(C)c(CN4CCC(Nc5ncnc6c5CCN(CC(F)(F)F)C6)CC4)ccc32)C1. The number of aromatic nitrogens is 3. The molecule has 0 spiro atoms. The van der Waals surface area contributed by atoms with Gasteiger partial charge in [-0.05, 0) is 75.8 Å². The predicted molar refractivity (Wildman–Crippen MR) is 170 cm³/mol. The average molecular weight is 637 g/mol. The number of aryl methyl sites for hydroxylation is 1. The van der Waals surface area contributed by atoms with Gasteiger partial charge in [0.05, 0.1) is 12.2 Å². The minimum atomic E-state index is -4.22. The quantitative estimate of drug-likeness (QED) is 0.355. The van der Waals surface area contributed by atoms with Crippen molar-refractivity contribution in [1.29, 1.82) is 5.26 Å². The van der Waals surface area contributed by atoms with E-state index < -0.39 is 12.7 Å². The van der Waals surface area contributed by atoms with Crippen molar-refractivity contribution >= 4 is 22.5 Å². The number of rotatable bonds is 9. The van der Waals surface area contributed by atoms with E-state index >= 15 is 0 Å². The zero-order chi connectivity index (χ0) is 32.4. The van der Waals surface area contributed by atoms with Crippen LogP contribution in [-0.4, -0.2) is 93.0 Å². The minimum absolute atomic E-state index is 0.120. The minimum Gasteiger partial charge on any atom is -0.367 e. The first-order valence-corrected chi connectivity index (χ1v) is 16.4. The number of hydrogen-bond acceptors (Lipinski definition) is 8. The molecule has 0 bridgehead atoms. The van der Waals surface area contributed by atoms with E-state index in [1.54, 1.807) is 6.92 Å². The van der Waals surface area contributed by atoms with E-state index in [2.05, 4.69) is 54.8 Å². The maximum Gasteiger partial charge on any atom is 0.401 e. The summed E-state index contributed by atoms with van der Waals surface area (Å²) in [5.74, 6) is 1.15. The van der Waals surface area contributed by atoms with Crippen LogP contribution >= 0.6 is 0 Å². The van der Waals surface area contributed by atoms with Gasteiger partial charge in [0.1, 0.15) is 29.7 Å². The summed E-state index contributed by atoms with van der Waals surface area (Å²) in [6.45, 7) is 9.46. The maximum absolute atomic E-state index is 12.9. The van der Waals surface area contributed by atoms with Gasteiger partial charge in [0.2, 0.25) is 0 Å². The highest BCUT2D eigenvalue weighted by Gasteiger charge is 2.33. The normalized spacial score (nSPS) is 20.5. The summed E-state index contributed by atoms with van der Waals surface area (Å²) in [5.41, 5.74) is 5.83. The lowest BCUT2D eigenvalue weighted by molar-refractivity contribution is -0.147. The number of nitrogens with zero attached hydrogens (tertiary/aromatic N) is 7. The number of carbonyl (C=O) groups excluding carboxylic acids is 1. The Kier molecular flexibility index (Phi) is 9.64. The molecule has 46 heavy (non-hydrogen) atoms. The van der Waals surface area contributed by atoms with Crippen molar-refractivity contribution < 1.29 is 18.0 Å². The van der Waals surface area contributed by atoms with Crippen LogP contribution in [0.1, 0.15) is 60.7 Å². The van der Waals surface area contributed by atoms with Crippen molar-refractivity contribution in [2.75, 3.05) is 51.1 Å². The molecule has 1 unspecified atom stereocenters. The molecule has 246 valence electrons. The first kappa shape index (κ1) is 32.4. The fraction of sp³-hybridized carbons (Fsp3) is 0.588. The Balaban J connectivity index is 1.05. The summed E-state index contributed by atoms with van der Waals surface area (Å²) in [5, 5.41) is 14.6. The number of alkyl halides is 3. The van der Waals surface area contributed by atoms with Crippen molar-refractivity contribution in [2.45, 2.75) is 77.8 Å².